The van der Waals surface area contributed by atoms with E-state index in [0.29, 0.717) is 17.8 Å². The van der Waals surface area contributed by atoms with Crippen LogP contribution < -0.4 is 5.32 Å². The summed E-state index contributed by atoms with van der Waals surface area (Å²) < 4.78 is 84.7. The van der Waals surface area contributed by atoms with Crippen molar-refractivity contribution in [1.82, 2.24) is 4.90 Å². The molecule has 1 aliphatic rings. The van der Waals surface area contributed by atoms with Crippen molar-refractivity contribution < 1.29 is 50.2 Å². The van der Waals surface area contributed by atoms with Gasteiger partial charge in [-0.25, -0.2) is 4.79 Å². The number of alkyl halides is 6. The molecule has 2 heterocycles. The minimum Gasteiger partial charge on any atom is -0.478 e. The van der Waals surface area contributed by atoms with Gasteiger partial charge in [0.15, 0.2) is 0 Å². The Morgan fingerprint density at radius 3 is 2.15 bits per heavy atom. The second-order valence-corrected chi connectivity index (χ2v) is 10.2. The predicted molar refractivity (Wildman–Crippen MR) is 141 cm³/mol. The number of carbonyl (C=O) groups is 3. The lowest BCUT2D eigenvalue weighted by Gasteiger charge is -2.14. The number of aromatic carboxylic acids is 1. The normalized spacial score (nSPS) is 15.1. The molecule has 41 heavy (non-hydrogen) atoms. The summed E-state index contributed by atoms with van der Waals surface area (Å²) >= 11 is 6.08. The molecule has 0 bridgehead atoms. The number of benzene rings is 2. The summed E-state index contributed by atoms with van der Waals surface area (Å²) in [4.78, 5) is 37.3. The SMILES string of the molecule is O=C(CCN1C(=O)/C(=C/c2ccc(-c3cc(C(F)(F)F)cc(C(F)(F)F)c3)o2)SC1=S)Nc1ccc(C(=O)O)cc1. The topological polar surface area (TPSA) is 99.9 Å². The number of hydrogen-bond acceptors (Lipinski definition) is 6. The second kappa shape index (κ2) is 11.4. The first-order valence-electron chi connectivity index (χ1n) is 11.4. The Morgan fingerprint density at radius 2 is 1.59 bits per heavy atom. The van der Waals surface area contributed by atoms with Crippen LogP contribution in [0.15, 0.2) is 63.9 Å². The summed E-state index contributed by atoms with van der Waals surface area (Å²) in [5, 5.41) is 11.5. The molecule has 214 valence electrons. The zero-order valence-corrected chi connectivity index (χ0v) is 21.9. The van der Waals surface area contributed by atoms with Crippen LogP contribution in [-0.4, -0.2) is 38.7 Å². The monoisotopic (exact) mass is 614 g/mol. The number of rotatable bonds is 7. The molecule has 2 aromatic carbocycles. The van der Waals surface area contributed by atoms with Crippen LogP contribution in [0.3, 0.4) is 0 Å². The highest BCUT2D eigenvalue weighted by molar-refractivity contribution is 8.26. The summed E-state index contributed by atoms with van der Waals surface area (Å²) in [7, 11) is 0. The molecule has 0 saturated carbocycles. The summed E-state index contributed by atoms with van der Waals surface area (Å²) in [6.45, 7) is -0.0884. The van der Waals surface area contributed by atoms with Gasteiger partial charge in [0, 0.05) is 30.3 Å². The Kier molecular flexibility index (Phi) is 8.31. The third-order valence-corrected chi connectivity index (χ3v) is 7.00. The van der Waals surface area contributed by atoms with Crippen molar-refractivity contribution in [2.45, 2.75) is 18.8 Å². The van der Waals surface area contributed by atoms with Gasteiger partial charge in [-0.2, -0.15) is 26.3 Å². The Labute approximate surface area is 236 Å². The van der Waals surface area contributed by atoms with Crippen molar-refractivity contribution >= 4 is 57.8 Å². The Bertz CT molecular complexity index is 1530. The first kappa shape index (κ1) is 29.9. The Balaban J connectivity index is 1.45. The maximum absolute atomic E-state index is 13.2. The van der Waals surface area contributed by atoms with Crippen LogP contribution in [0.25, 0.3) is 17.4 Å². The molecule has 1 aromatic heterocycles. The first-order valence-corrected chi connectivity index (χ1v) is 12.6. The largest absolute Gasteiger partial charge is 0.478 e. The summed E-state index contributed by atoms with van der Waals surface area (Å²) in [6, 6.07) is 8.96. The Morgan fingerprint density at radius 1 is 0.976 bits per heavy atom. The fourth-order valence-corrected chi connectivity index (χ4v) is 4.93. The van der Waals surface area contributed by atoms with Crippen LogP contribution >= 0.6 is 24.0 Å². The van der Waals surface area contributed by atoms with E-state index in [9.17, 15) is 40.7 Å². The minimum absolute atomic E-state index is 0.00795. The van der Waals surface area contributed by atoms with Gasteiger partial charge >= 0.3 is 18.3 Å². The Hall–Kier alpha value is -4.11. The molecule has 4 rings (SSSR count). The van der Waals surface area contributed by atoms with E-state index in [-0.39, 0.29) is 45.3 Å². The molecular weight excluding hydrogens is 598 g/mol. The predicted octanol–water partition coefficient (Wildman–Crippen LogP) is 6.91. The van der Waals surface area contributed by atoms with Crippen molar-refractivity contribution in [2.75, 3.05) is 11.9 Å². The van der Waals surface area contributed by atoms with Crippen molar-refractivity contribution in [3.05, 3.63) is 82.0 Å². The van der Waals surface area contributed by atoms with Crippen molar-refractivity contribution in [3.63, 3.8) is 0 Å². The van der Waals surface area contributed by atoms with E-state index >= 15 is 0 Å². The number of thiocarbonyl (C=S) groups is 1. The maximum Gasteiger partial charge on any atom is 0.416 e. The number of carbonyl (C=O) groups excluding carboxylic acids is 2. The fourth-order valence-electron chi connectivity index (χ4n) is 3.64. The summed E-state index contributed by atoms with van der Waals surface area (Å²) in [6.07, 6.45) is -8.96. The van der Waals surface area contributed by atoms with Gasteiger partial charge < -0.3 is 14.8 Å². The molecule has 1 saturated heterocycles. The average Bonchev–Trinajstić information content (AvgIpc) is 3.46. The van der Waals surface area contributed by atoms with Crippen molar-refractivity contribution in [3.8, 4) is 11.3 Å². The highest BCUT2D eigenvalue weighted by Gasteiger charge is 2.37. The number of hydrogen-bond donors (Lipinski definition) is 2. The lowest BCUT2D eigenvalue weighted by atomic mass is 10.0. The fraction of sp³-hybridized carbons (Fsp3) is 0.154. The molecule has 0 spiro atoms. The molecule has 2 amide bonds. The van der Waals surface area contributed by atoms with E-state index < -0.39 is 46.8 Å². The quantitative estimate of drug-likeness (QED) is 0.170. The summed E-state index contributed by atoms with van der Waals surface area (Å²) in [5.41, 5.74) is -3.06. The zero-order valence-electron chi connectivity index (χ0n) is 20.3. The molecule has 0 unspecified atom stereocenters. The van der Waals surface area contributed by atoms with Crippen LogP contribution in [0.1, 0.15) is 33.7 Å². The van der Waals surface area contributed by atoms with Gasteiger partial charge in [-0.3, -0.25) is 14.5 Å². The van der Waals surface area contributed by atoms with Gasteiger partial charge in [0.25, 0.3) is 5.91 Å². The molecule has 0 atom stereocenters. The van der Waals surface area contributed by atoms with Crippen molar-refractivity contribution in [2.24, 2.45) is 0 Å². The van der Waals surface area contributed by atoms with E-state index in [1.165, 1.54) is 42.5 Å². The van der Waals surface area contributed by atoms with Gasteiger partial charge in [-0.1, -0.05) is 24.0 Å². The number of carboxylic acid groups (broad SMARTS) is 1. The molecule has 7 nitrogen and oxygen atoms in total. The first-order chi connectivity index (χ1) is 19.1. The van der Waals surface area contributed by atoms with E-state index in [4.69, 9.17) is 21.7 Å². The second-order valence-electron chi connectivity index (χ2n) is 8.51. The molecule has 3 aromatic rings. The molecule has 2 N–H and O–H groups in total. The molecule has 0 aliphatic carbocycles. The molecule has 0 radical (unpaired) electrons. The van der Waals surface area contributed by atoms with E-state index in [0.717, 1.165) is 16.7 Å². The van der Waals surface area contributed by atoms with Crippen LogP contribution in [0, 0.1) is 0 Å². The van der Waals surface area contributed by atoms with E-state index in [1.807, 2.05) is 0 Å². The molecule has 1 aliphatic heterocycles. The van der Waals surface area contributed by atoms with Gasteiger partial charge in [-0.15, -0.1) is 0 Å². The molecular formula is C26H16F6N2O5S2. The highest BCUT2D eigenvalue weighted by Crippen LogP contribution is 2.39. The van der Waals surface area contributed by atoms with Crippen LogP contribution in [0.2, 0.25) is 0 Å². The standard InChI is InChI=1S/C26H16F6N2O5S2/c27-25(28,29)15-9-14(10-16(11-15)26(30,31)32)19-6-5-18(39-19)12-20-22(36)34(24(40)41-20)8-7-21(35)33-17-3-1-13(2-4-17)23(37)38/h1-6,9-12H,7-8H2,(H,33,35)(H,37,38)/b20-12-. The van der Waals surface area contributed by atoms with E-state index in [2.05, 4.69) is 5.32 Å². The van der Waals surface area contributed by atoms with Gasteiger partial charge in [-0.05, 0) is 54.6 Å². The highest BCUT2D eigenvalue weighted by atomic mass is 32.2. The minimum atomic E-state index is -5.03. The van der Waals surface area contributed by atoms with Crippen molar-refractivity contribution in [1.29, 1.82) is 0 Å². The number of halogens is 6. The van der Waals surface area contributed by atoms with Gasteiger partial charge in [0.1, 0.15) is 15.8 Å². The third kappa shape index (κ3) is 7.16. The zero-order chi connectivity index (χ0) is 30.1. The number of carboxylic acids is 1. The van der Waals surface area contributed by atoms with Gasteiger partial charge in [0.2, 0.25) is 5.91 Å². The lowest BCUT2D eigenvalue weighted by molar-refractivity contribution is -0.143. The molecule has 1 fully saturated rings. The van der Waals surface area contributed by atoms with Crippen LogP contribution in [-0.2, 0) is 21.9 Å². The van der Waals surface area contributed by atoms with Crippen LogP contribution in [0.4, 0.5) is 32.0 Å². The van der Waals surface area contributed by atoms with Gasteiger partial charge in [0.05, 0.1) is 21.6 Å². The number of thioether (sulfide) groups is 1. The number of amides is 2. The smallest absolute Gasteiger partial charge is 0.416 e. The van der Waals surface area contributed by atoms with E-state index in [1.54, 1.807) is 0 Å². The summed E-state index contributed by atoms with van der Waals surface area (Å²) in [5.74, 6) is -2.47. The maximum atomic E-state index is 13.2. The number of nitrogens with zero attached hydrogens (tertiary/aromatic N) is 1. The number of nitrogens with one attached hydrogen (secondary N) is 1. The lowest BCUT2D eigenvalue weighted by Crippen LogP contribution is -2.31. The third-order valence-electron chi connectivity index (χ3n) is 5.62. The van der Waals surface area contributed by atoms with Crippen LogP contribution in [0.5, 0.6) is 0 Å². The molecule has 15 heteroatoms. The average molecular weight is 615 g/mol. The number of anilines is 1. The number of furan rings is 1.